The van der Waals surface area contributed by atoms with Crippen molar-refractivity contribution in [3.05, 3.63) is 28.8 Å². The monoisotopic (exact) mass is 295 g/mol. The maximum absolute atomic E-state index is 11.6. The Morgan fingerprint density at radius 1 is 1.45 bits per heavy atom. The van der Waals surface area contributed by atoms with Crippen LogP contribution in [0, 0.1) is 0 Å². The zero-order chi connectivity index (χ0) is 14.1. The molecular formula is C14H18ClN3O2. The highest BCUT2D eigenvalue weighted by Gasteiger charge is 2.36. The van der Waals surface area contributed by atoms with E-state index in [9.17, 15) is 4.79 Å². The Morgan fingerprint density at radius 3 is 2.85 bits per heavy atom. The summed E-state index contributed by atoms with van der Waals surface area (Å²) in [5.74, 6) is 0.772. The van der Waals surface area contributed by atoms with Gasteiger partial charge in [0, 0.05) is 37.7 Å². The lowest BCUT2D eigenvalue weighted by Gasteiger charge is -2.43. The number of carbonyl (C=O) groups is 1. The molecule has 1 N–H and O–H groups in total. The molecular weight excluding hydrogens is 278 g/mol. The predicted octanol–water partition coefficient (Wildman–Crippen LogP) is 1.56. The first-order valence-corrected chi connectivity index (χ1v) is 7.14. The molecule has 0 radical (unpaired) electrons. The fourth-order valence-corrected chi connectivity index (χ4v) is 2.96. The molecule has 0 atom stereocenters. The number of carbonyl (C=O) groups excluding carboxylic acids is 1. The van der Waals surface area contributed by atoms with Gasteiger partial charge in [0.2, 0.25) is 0 Å². The second-order valence-electron chi connectivity index (χ2n) is 5.23. The Morgan fingerprint density at radius 2 is 2.25 bits per heavy atom. The van der Waals surface area contributed by atoms with Crippen LogP contribution in [0.2, 0.25) is 5.02 Å². The Labute approximate surface area is 123 Å². The van der Waals surface area contributed by atoms with Gasteiger partial charge in [0.1, 0.15) is 5.75 Å². The number of benzene rings is 1. The molecule has 0 aliphatic carbocycles. The van der Waals surface area contributed by atoms with Gasteiger partial charge in [0.05, 0.1) is 13.2 Å². The van der Waals surface area contributed by atoms with Crippen molar-refractivity contribution >= 4 is 17.6 Å². The SMILES string of the molecule is COc1ccc(CN2CC(N3CCNC3=O)C2)c(Cl)c1. The predicted molar refractivity (Wildman–Crippen MR) is 77.2 cm³/mol. The quantitative estimate of drug-likeness (QED) is 0.917. The van der Waals surface area contributed by atoms with Crippen LogP contribution < -0.4 is 10.1 Å². The van der Waals surface area contributed by atoms with Crippen LogP contribution in [0.15, 0.2) is 18.2 Å². The van der Waals surface area contributed by atoms with Gasteiger partial charge in [-0.3, -0.25) is 4.90 Å². The molecule has 2 saturated heterocycles. The van der Waals surface area contributed by atoms with Gasteiger partial charge in [-0.05, 0) is 17.7 Å². The minimum absolute atomic E-state index is 0.0668. The van der Waals surface area contributed by atoms with E-state index in [1.165, 1.54) is 0 Å². The van der Waals surface area contributed by atoms with Crippen LogP contribution in [0.3, 0.4) is 0 Å². The molecule has 2 aliphatic rings. The minimum atomic E-state index is 0.0668. The van der Waals surface area contributed by atoms with Crippen LogP contribution in [0.4, 0.5) is 4.79 Å². The van der Waals surface area contributed by atoms with Crippen molar-refractivity contribution in [2.24, 2.45) is 0 Å². The topological polar surface area (TPSA) is 44.8 Å². The second kappa shape index (κ2) is 5.50. The second-order valence-corrected chi connectivity index (χ2v) is 5.64. The molecule has 0 bridgehead atoms. The number of nitrogens with one attached hydrogen (secondary N) is 1. The van der Waals surface area contributed by atoms with E-state index >= 15 is 0 Å². The highest BCUT2D eigenvalue weighted by atomic mass is 35.5. The third-order valence-corrected chi connectivity index (χ3v) is 4.27. The summed E-state index contributed by atoms with van der Waals surface area (Å²) in [6.07, 6.45) is 0. The van der Waals surface area contributed by atoms with E-state index in [1.807, 2.05) is 23.1 Å². The molecule has 0 saturated carbocycles. The molecule has 2 fully saturated rings. The molecule has 2 aliphatic heterocycles. The van der Waals surface area contributed by atoms with Gasteiger partial charge in [-0.25, -0.2) is 4.79 Å². The van der Waals surface area contributed by atoms with E-state index in [4.69, 9.17) is 16.3 Å². The van der Waals surface area contributed by atoms with E-state index < -0.39 is 0 Å². The van der Waals surface area contributed by atoms with Gasteiger partial charge in [0.15, 0.2) is 0 Å². The normalized spacial score (nSPS) is 19.9. The largest absolute Gasteiger partial charge is 0.497 e. The van der Waals surface area contributed by atoms with E-state index in [-0.39, 0.29) is 6.03 Å². The maximum atomic E-state index is 11.6. The number of urea groups is 1. The van der Waals surface area contributed by atoms with Crippen molar-refractivity contribution in [1.82, 2.24) is 15.1 Å². The van der Waals surface area contributed by atoms with Crippen molar-refractivity contribution in [3.63, 3.8) is 0 Å². The van der Waals surface area contributed by atoms with Gasteiger partial charge in [-0.15, -0.1) is 0 Å². The summed E-state index contributed by atoms with van der Waals surface area (Å²) in [5.41, 5.74) is 1.09. The molecule has 3 rings (SSSR count). The third kappa shape index (κ3) is 2.55. The summed E-state index contributed by atoms with van der Waals surface area (Å²) >= 11 is 6.24. The Balaban J connectivity index is 1.55. The lowest BCUT2D eigenvalue weighted by atomic mass is 10.1. The van der Waals surface area contributed by atoms with Crippen molar-refractivity contribution in [2.75, 3.05) is 33.3 Å². The molecule has 0 spiro atoms. The van der Waals surface area contributed by atoms with Crippen LogP contribution in [-0.2, 0) is 6.54 Å². The summed E-state index contributed by atoms with van der Waals surface area (Å²) in [6.45, 7) is 4.22. The molecule has 20 heavy (non-hydrogen) atoms. The van der Waals surface area contributed by atoms with Crippen molar-refractivity contribution in [3.8, 4) is 5.75 Å². The molecule has 0 unspecified atom stereocenters. The van der Waals surface area contributed by atoms with Crippen molar-refractivity contribution in [1.29, 1.82) is 0 Å². The maximum Gasteiger partial charge on any atom is 0.317 e. The molecule has 2 heterocycles. The number of nitrogens with zero attached hydrogens (tertiary/aromatic N) is 2. The zero-order valence-electron chi connectivity index (χ0n) is 11.4. The van der Waals surface area contributed by atoms with Crippen molar-refractivity contribution in [2.45, 2.75) is 12.6 Å². The summed E-state index contributed by atoms with van der Waals surface area (Å²) in [4.78, 5) is 15.8. The van der Waals surface area contributed by atoms with Gasteiger partial charge in [-0.2, -0.15) is 0 Å². The number of hydrogen-bond acceptors (Lipinski definition) is 3. The number of hydrogen-bond donors (Lipinski definition) is 1. The highest BCUT2D eigenvalue weighted by molar-refractivity contribution is 6.31. The lowest BCUT2D eigenvalue weighted by molar-refractivity contribution is 0.0589. The number of likely N-dealkylation sites (tertiary alicyclic amines) is 1. The summed E-state index contributed by atoms with van der Waals surface area (Å²) in [6, 6.07) is 6.16. The summed E-state index contributed by atoms with van der Waals surface area (Å²) in [5, 5.41) is 3.57. The molecule has 2 amide bonds. The van der Waals surface area contributed by atoms with Gasteiger partial charge in [0.25, 0.3) is 0 Å². The molecule has 5 nitrogen and oxygen atoms in total. The number of rotatable bonds is 4. The lowest BCUT2D eigenvalue weighted by Crippen LogP contribution is -2.59. The fourth-order valence-electron chi connectivity index (χ4n) is 2.73. The first-order chi connectivity index (χ1) is 9.67. The first kappa shape index (κ1) is 13.5. The number of methoxy groups -OCH3 is 1. The van der Waals surface area contributed by atoms with Crippen LogP contribution >= 0.6 is 11.6 Å². The molecule has 108 valence electrons. The van der Waals surface area contributed by atoms with E-state index in [0.717, 1.165) is 49.1 Å². The third-order valence-electron chi connectivity index (χ3n) is 3.92. The summed E-state index contributed by atoms with van der Waals surface area (Å²) < 4.78 is 5.14. The molecule has 6 heteroatoms. The molecule has 1 aromatic rings. The number of halogens is 1. The van der Waals surface area contributed by atoms with E-state index in [1.54, 1.807) is 7.11 Å². The van der Waals surface area contributed by atoms with Crippen molar-refractivity contribution < 1.29 is 9.53 Å². The van der Waals surface area contributed by atoms with Crippen LogP contribution in [0.1, 0.15) is 5.56 Å². The smallest absolute Gasteiger partial charge is 0.317 e. The van der Waals surface area contributed by atoms with Crippen LogP contribution in [-0.4, -0.2) is 55.2 Å². The average molecular weight is 296 g/mol. The Hall–Kier alpha value is -1.46. The van der Waals surface area contributed by atoms with Gasteiger partial charge in [-0.1, -0.05) is 17.7 Å². The summed E-state index contributed by atoms with van der Waals surface area (Å²) in [7, 11) is 1.63. The standard InChI is InChI=1S/C14H18ClN3O2/c1-20-12-3-2-10(13(15)6-12)7-17-8-11(9-17)18-5-4-16-14(18)19/h2-3,6,11H,4-5,7-9H2,1H3,(H,16,19). The Bertz CT molecular complexity index is 517. The van der Waals surface area contributed by atoms with E-state index in [2.05, 4.69) is 10.2 Å². The Kier molecular flexibility index (Phi) is 3.72. The number of ether oxygens (including phenoxy) is 1. The highest BCUT2D eigenvalue weighted by Crippen LogP contribution is 2.26. The van der Waals surface area contributed by atoms with Gasteiger partial charge >= 0.3 is 6.03 Å². The molecule has 1 aromatic carbocycles. The van der Waals surface area contributed by atoms with Crippen LogP contribution in [0.25, 0.3) is 0 Å². The van der Waals surface area contributed by atoms with Crippen LogP contribution in [0.5, 0.6) is 5.75 Å². The van der Waals surface area contributed by atoms with Gasteiger partial charge < -0.3 is 15.0 Å². The minimum Gasteiger partial charge on any atom is -0.497 e. The van der Waals surface area contributed by atoms with E-state index in [0.29, 0.717) is 6.04 Å². The fraction of sp³-hybridized carbons (Fsp3) is 0.500. The first-order valence-electron chi connectivity index (χ1n) is 6.76. The average Bonchev–Trinajstić information content (AvgIpc) is 2.80. The molecule has 0 aromatic heterocycles. The number of amides is 2. The zero-order valence-corrected chi connectivity index (χ0v) is 12.2.